The molecule has 0 spiro atoms. The molecule has 0 saturated carbocycles. The number of rotatable bonds is 10. The van der Waals surface area contributed by atoms with Gasteiger partial charge in [0.05, 0.1) is 18.2 Å². The van der Waals surface area contributed by atoms with Crippen molar-refractivity contribution in [1.29, 1.82) is 0 Å². The fourth-order valence-electron chi connectivity index (χ4n) is 4.24. The van der Waals surface area contributed by atoms with Gasteiger partial charge in [0.25, 0.3) is 0 Å². The van der Waals surface area contributed by atoms with Crippen molar-refractivity contribution in [2.75, 3.05) is 32.8 Å². The first-order valence-corrected chi connectivity index (χ1v) is 12.5. The Kier molecular flexibility index (Phi) is 8.37. The van der Waals surface area contributed by atoms with E-state index in [0.717, 1.165) is 30.7 Å². The topological polar surface area (TPSA) is 53.0 Å². The van der Waals surface area contributed by atoms with E-state index in [1.54, 1.807) is 25.2 Å². The molecule has 32 heavy (non-hydrogen) atoms. The second-order valence-electron chi connectivity index (χ2n) is 9.99. The molecule has 0 fully saturated rings. The summed E-state index contributed by atoms with van der Waals surface area (Å²) in [5.74, 6) is 1.49. The molecule has 1 unspecified atom stereocenters. The molecule has 2 aromatic rings. The lowest BCUT2D eigenvalue weighted by Crippen LogP contribution is -2.49. The minimum atomic E-state index is -0.840. The predicted molar refractivity (Wildman–Crippen MR) is 131 cm³/mol. The Morgan fingerprint density at radius 1 is 1.34 bits per heavy atom. The first-order chi connectivity index (χ1) is 15.1. The van der Waals surface area contributed by atoms with E-state index in [0.29, 0.717) is 32.2 Å². The van der Waals surface area contributed by atoms with E-state index < -0.39 is 5.60 Å². The van der Waals surface area contributed by atoms with Gasteiger partial charge in [-0.1, -0.05) is 26.0 Å². The molecule has 1 aromatic carbocycles. The van der Waals surface area contributed by atoms with E-state index in [9.17, 15) is 9.90 Å². The molecule has 3 rings (SSSR count). The summed E-state index contributed by atoms with van der Waals surface area (Å²) < 4.78 is 6.15. The highest BCUT2D eigenvalue weighted by Crippen LogP contribution is 2.34. The maximum Gasteiger partial charge on any atom is 0.237 e. The number of ether oxygens (including phenoxy) is 1. The number of benzene rings is 1. The number of aliphatic hydroxyl groups is 1. The summed E-state index contributed by atoms with van der Waals surface area (Å²) in [6.07, 6.45) is 1.88. The largest absolute Gasteiger partial charge is 0.491 e. The highest BCUT2D eigenvalue weighted by Gasteiger charge is 2.33. The van der Waals surface area contributed by atoms with E-state index in [4.69, 9.17) is 4.74 Å². The van der Waals surface area contributed by atoms with Crippen LogP contribution >= 0.6 is 11.3 Å². The van der Waals surface area contributed by atoms with Gasteiger partial charge in [-0.25, -0.2) is 0 Å². The van der Waals surface area contributed by atoms with Gasteiger partial charge in [-0.15, -0.1) is 11.3 Å². The van der Waals surface area contributed by atoms with Gasteiger partial charge in [0.15, 0.2) is 0 Å². The standard InChI is InChI=1S/C26H38N2O3S/c1-19(2)9-12-27(18-26(4,5)30)16-25(29)28-13-10-24-22(11-14-32-24)23(28)17-31-21-8-6-7-20(3)15-21/h6-8,11,14-15,19,23,30H,9-10,12-13,16-18H2,1-5H3. The van der Waals surface area contributed by atoms with Crippen LogP contribution in [0.3, 0.4) is 0 Å². The Bertz CT molecular complexity index is 887. The Hall–Kier alpha value is -1.89. The maximum atomic E-state index is 13.5. The van der Waals surface area contributed by atoms with Crippen LogP contribution in [0.25, 0.3) is 0 Å². The summed E-state index contributed by atoms with van der Waals surface area (Å²) in [6, 6.07) is 10.1. The fourth-order valence-corrected chi connectivity index (χ4v) is 5.17. The molecular formula is C26H38N2O3S. The molecule has 1 aliphatic heterocycles. The number of carbonyl (C=O) groups is 1. The van der Waals surface area contributed by atoms with Crippen molar-refractivity contribution in [2.24, 2.45) is 5.92 Å². The second kappa shape index (κ2) is 10.8. The highest BCUT2D eigenvalue weighted by molar-refractivity contribution is 7.10. The molecular weight excluding hydrogens is 420 g/mol. The first-order valence-electron chi connectivity index (χ1n) is 11.6. The lowest BCUT2D eigenvalue weighted by atomic mass is 10.00. The van der Waals surface area contributed by atoms with Crippen LogP contribution in [0.4, 0.5) is 0 Å². The number of thiophene rings is 1. The molecule has 1 aromatic heterocycles. The van der Waals surface area contributed by atoms with Gasteiger partial charge in [-0.05, 0) is 80.8 Å². The molecule has 1 atom stereocenters. The third kappa shape index (κ3) is 7.06. The number of amides is 1. The lowest BCUT2D eigenvalue weighted by molar-refractivity contribution is -0.136. The number of hydrogen-bond acceptors (Lipinski definition) is 5. The van der Waals surface area contributed by atoms with Gasteiger partial charge < -0.3 is 14.7 Å². The van der Waals surface area contributed by atoms with E-state index in [2.05, 4.69) is 43.2 Å². The highest BCUT2D eigenvalue weighted by atomic mass is 32.1. The van der Waals surface area contributed by atoms with Crippen LogP contribution in [-0.2, 0) is 11.2 Å². The Balaban J connectivity index is 1.74. The normalized spacial score (nSPS) is 16.5. The number of fused-ring (bicyclic) bond motifs is 1. The molecule has 0 radical (unpaired) electrons. The minimum Gasteiger partial charge on any atom is -0.491 e. The average Bonchev–Trinajstić information content (AvgIpc) is 3.18. The van der Waals surface area contributed by atoms with Gasteiger partial charge in [0.1, 0.15) is 12.4 Å². The van der Waals surface area contributed by atoms with Crippen molar-refractivity contribution in [1.82, 2.24) is 9.80 Å². The Morgan fingerprint density at radius 3 is 2.81 bits per heavy atom. The van der Waals surface area contributed by atoms with Crippen LogP contribution < -0.4 is 4.74 Å². The summed E-state index contributed by atoms with van der Waals surface area (Å²) in [7, 11) is 0. The zero-order valence-corrected chi connectivity index (χ0v) is 21.0. The van der Waals surface area contributed by atoms with Crippen LogP contribution in [-0.4, -0.2) is 59.2 Å². The molecule has 0 saturated heterocycles. The molecule has 1 amide bonds. The van der Waals surface area contributed by atoms with E-state index >= 15 is 0 Å². The molecule has 1 aliphatic rings. The van der Waals surface area contributed by atoms with Crippen molar-refractivity contribution in [3.63, 3.8) is 0 Å². The zero-order chi connectivity index (χ0) is 23.3. The molecule has 1 N–H and O–H groups in total. The van der Waals surface area contributed by atoms with Crippen molar-refractivity contribution in [3.05, 3.63) is 51.7 Å². The lowest BCUT2D eigenvalue weighted by Gasteiger charge is -2.38. The molecule has 5 nitrogen and oxygen atoms in total. The smallest absolute Gasteiger partial charge is 0.237 e. The van der Waals surface area contributed by atoms with Gasteiger partial charge in [-0.3, -0.25) is 9.69 Å². The summed E-state index contributed by atoms with van der Waals surface area (Å²) in [4.78, 5) is 18.9. The third-order valence-electron chi connectivity index (χ3n) is 5.80. The fraction of sp³-hybridized carbons (Fsp3) is 0.577. The average molecular weight is 459 g/mol. The van der Waals surface area contributed by atoms with Crippen molar-refractivity contribution >= 4 is 17.2 Å². The predicted octanol–water partition coefficient (Wildman–Crippen LogP) is 4.68. The van der Waals surface area contributed by atoms with Gasteiger partial charge in [0.2, 0.25) is 5.91 Å². The summed E-state index contributed by atoms with van der Waals surface area (Å²) in [5, 5.41) is 12.5. The Morgan fingerprint density at radius 2 is 2.12 bits per heavy atom. The number of carbonyl (C=O) groups excluding carboxylic acids is 1. The number of hydrogen-bond donors (Lipinski definition) is 1. The van der Waals surface area contributed by atoms with Crippen molar-refractivity contribution in [2.45, 2.75) is 59.1 Å². The zero-order valence-electron chi connectivity index (χ0n) is 20.1. The first kappa shape index (κ1) is 24.7. The third-order valence-corrected chi connectivity index (χ3v) is 6.80. The molecule has 0 aliphatic carbocycles. The second-order valence-corrected chi connectivity index (χ2v) is 11.0. The van der Waals surface area contributed by atoms with E-state index in [-0.39, 0.29) is 11.9 Å². The molecule has 0 bridgehead atoms. The number of aryl methyl sites for hydroxylation is 1. The monoisotopic (exact) mass is 458 g/mol. The maximum absolute atomic E-state index is 13.5. The van der Waals surface area contributed by atoms with Gasteiger partial charge in [-0.2, -0.15) is 0 Å². The molecule has 6 heteroatoms. The van der Waals surface area contributed by atoms with Gasteiger partial charge in [0, 0.05) is 18.0 Å². The van der Waals surface area contributed by atoms with Crippen LogP contribution in [0.5, 0.6) is 5.75 Å². The van der Waals surface area contributed by atoms with Crippen LogP contribution in [0, 0.1) is 12.8 Å². The van der Waals surface area contributed by atoms with Gasteiger partial charge >= 0.3 is 0 Å². The molecule has 176 valence electrons. The quantitative estimate of drug-likeness (QED) is 0.562. The van der Waals surface area contributed by atoms with Crippen LogP contribution in [0.15, 0.2) is 35.7 Å². The van der Waals surface area contributed by atoms with Crippen molar-refractivity contribution in [3.8, 4) is 5.75 Å². The minimum absolute atomic E-state index is 0.0907. The van der Waals surface area contributed by atoms with Crippen molar-refractivity contribution < 1.29 is 14.6 Å². The summed E-state index contributed by atoms with van der Waals surface area (Å²) >= 11 is 1.76. The van der Waals surface area contributed by atoms with E-state index in [1.165, 1.54) is 10.4 Å². The summed E-state index contributed by atoms with van der Waals surface area (Å²) in [6.45, 7) is 12.8. The van der Waals surface area contributed by atoms with E-state index in [1.807, 2.05) is 23.1 Å². The Labute approximate surface area is 197 Å². The summed E-state index contributed by atoms with van der Waals surface area (Å²) in [5.41, 5.74) is 1.52. The van der Waals surface area contributed by atoms with Crippen LogP contribution in [0.1, 0.15) is 56.2 Å². The SMILES string of the molecule is Cc1cccc(OCC2c3ccsc3CCN2C(=O)CN(CCC(C)C)CC(C)(C)O)c1. The number of nitrogens with zero attached hydrogens (tertiary/aromatic N) is 2. The van der Waals surface area contributed by atoms with Crippen LogP contribution in [0.2, 0.25) is 0 Å². The molecule has 2 heterocycles.